The number of nitrogens with two attached hydrogens (primary N) is 1. The van der Waals surface area contributed by atoms with E-state index >= 15 is 0 Å². The zero-order valence-corrected chi connectivity index (χ0v) is 11.1. The van der Waals surface area contributed by atoms with Gasteiger partial charge in [-0.25, -0.2) is 4.98 Å². The lowest BCUT2D eigenvalue weighted by atomic mass is 9.85. The molecule has 18 heavy (non-hydrogen) atoms. The third-order valence-corrected chi connectivity index (χ3v) is 3.85. The maximum Gasteiger partial charge on any atom is 0.0921 e. The van der Waals surface area contributed by atoms with Crippen LogP contribution in [0.4, 0.5) is 0 Å². The quantitative estimate of drug-likeness (QED) is 0.758. The van der Waals surface area contributed by atoms with Gasteiger partial charge in [0.25, 0.3) is 0 Å². The first-order valence-corrected chi connectivity index (χ1v) is 7.24. The fraction of sp³-hybridized carbons (Fsp3) is 0.667. The van der Waals surface area contributed by atoms with Crippen molar-refractivity contribution in [1.29, 1.82) is 0 Å². The van der Waals surface area contributed by atoms with Crippen molar-refractivity contribution in [3.8, 4) is 0 Å². The molecule has 1 aromatic heterocycles. The zero-order chi connectivity index (χ0) is 12.6. The van der Waals surface area contributed by atoms with E-state index in [0.29, 0.717) is 0 Å². The molecule has 1 aliphatic carbocycles. The van der Waals surface area contributed by atoms with Crippen LogP contribution >= 0.6 is 0 Å². The van der Waals surface area contributed by atoms with Gasteiger partial charge in [0.1, 0.15) is 0 Å². The van der Waals surface area contributed by atoms with Gasteiger partial charge in [-0.3, -0.25) is 0 Å². The van der Waals surface area contributed by atoms with Crippen molar-refractivity contribution in [2.75, 3.05) is 0 Å². The summed E-state index contributed by atoms with van der Waals surface area (Å²) >= 11 is 0. The molecular formula is C15H25N3. The molecule has 0 aliphatic heterocycles. The number of hydrogen-bond acceptors (Lipinski definition) is 2. The van der Waals surface area contributed by atoms with Crippen LogP contribution in [0.5, 0.6) is 0 Å². The molecule has 3 N–H and O–H groups in total. The summed E-state index contributed by atoms with van der Waals surface area (Å²) < 4.78 is 0. The number of allylic oxidation sites excluding steroid dienone is 1. The predicted octanol–water partition coefficient (Wildman–Crippen LogP) is 3.20. The van der Waals surface area contributed by atoms with Crippen molar-refractivity contribution in [1.82, 2.24) is 9.97 Å². The number of imidazole rings is 1. The van der Waals surface area contributed by atoms with Gasteiger partial charge < -0.3 is 10.7 Å². The molecule has 1 aromatic rings. The number of nitrogens with one attached hydrogen (secondary N) is 1. The Kier molecular flexibility index (Phi) is 5.46. The Morgan fingerprint density at radius 3 is 2.94 bits per heavy atom. The summed E-state index contributed by atoms with van der Waals surface area (Å²) in [6, 6.07) is 0.245. The van der Waals surface area contributed by atoms with Gasteiger partial charge in [0.15, 0.2) is 0 Å². The lowest BCUT2D eigenvalue weighted by Gasteiger charge is -2.23. The number of rotatable bonds is 6. The molecule has 100 valence electrons. The van der Waals surface area contributed by atoms with E-state index in [4.69, 9.17) is 5.73 Å². The van der Waals surface area contributed by atoms with Crippen LogP contribution in [-0.2, 0) is 6.42 Å². The number of aromatic nitrogens is 2. The molecule has 0 bridgehead atoms. The molecule has 0 saturated heterocycles. The normalized spacial score (nSPS) is 19.4. The Morgan fingerprint density at radius 2 is 2.22 bits per heavy atom. The van der Waals surface area contributed by atoms with Crippen LogP contribution in [0.15, 0.2) is 24.7 Å². The second-order valence-corrected chi connectivity index (χ2v) is 5.45. The molecule has 0 aromatic carbocycles. The van der Waals surface area contributed by atoms with Crippen molar-refractivity contribution in [2.24, 2.45) is 11.7 Å². The summed E-state index contributed by atoms with van der Waals surface area (Å²) in [7, 11) is 0. The number of aryl methyl sites for hydroxylation is 1. The summed E-state index contributed by atoms with van der Waals surface area (Å²) in [5, 5.41) is 0. The van der Waals surface area contributed by atoms with Crippen LogP contribution in [0.1, 0.15) is 50.6 Å². The molecule has 1 aliphatic rings. The number of hydrogen-bond donors (Lipinski definition) is 2. The SMILES string of the molecule is N[C@@H](/C=C/CCc1cnc[nH]1)CC1CCCCC1. The highest BCUT2D eigenvalue weighted by Gasteiger charge is 2.15. The van der Waals surface area contributed by atoms with Gasteiger partial charge in [-0.05, 0) is 25.2 Å². The molecule has 1 atom stereocenters. The number of H-pyrrole nitrogens is 1. The molecule has 1 heterocycles. The lowest BCUT2D eigenvalue weighted by Crippen LogP contribution is -2.22. The molecule has 3 heteroatoms. The van der Waals surface area contributed by atoms with E-state index in [1.807, 2.05) is 6.20 Å². The van der Waals surface area contributed by atoms with Crippen molar-refractivity contribution in [3.05, 3.63) is 30.4 Å². The first-order chi connectivity index (χ1) is 8.84. The largest absolute Gasteiger partial charge is 0.348 e. The minimum atomic E-state index is 0.245. The van der Waals surface area contributed by atoms with E-state index in [9.17, 15) is 0 Å². The molecule has 1 saturated carbocycles. The standard InChI is InChI=1S/C15H25N3/c16-14(10-13-6-2-1-3-7-13)8-4-5-9-15-11-17-12-18-15/h4,8,11-14H,1-3,5-7,9-10,16H2,(H,17,18)/b8-4+/t14-/m0/s1. The molecule has 3 nitrogen and oxygen atoms in total. The Balaban J connectivity index is 1.62. The van der Waals surface area contributed by atoms with Gasteiger partial charge in [-0.2, -0.15) is 0 Å². The third kappa shape index (κ3) is 4.65. The number of aromatic amines is 1. The Hall–Kier alpha value is -1.09. The van der Waals surface area contributed by atoms with Crippen molar-refractivity contribution < 1.29 is 0 Å². The fourth-order valence-electron chi connectivity index (χ4n) is 2.82. The summed E-state index contributed by atoms with van der Waals surface area (Å²) in [6.07, 6.45) is 18.2. The van der Waals surface area contributed by atoms with E-state index in [0.717, 1.165) is 18.8 Å². The second kappa shape index (κ2) is 7.37. The highest BCUT2D eigenvalue weighted by molar-refractivity contribution is 4.99. The van der Waals surface area contributed by atoms with Gasteiger partial charge in [0, 0.05) is 17.9 Å². The summed E-state index contributed by atoms with van der Waals surface area (Å²) in [6.45, 7) is 0. The molecule has 0 spiro atoms. The van der Waals surface area contributed by atoms with E-state index in [-0.39, 0.29) is 6.04 Å². The Labute approximate surface area is 110 Å². The van der Waals surface area contributed by atoms with Crippen LogP contribution in [0.25, 0.3) is 0 Å². The maximum atomic E-state index is 6.16. The lowest BCUT2D eigenvalue weighted by molar-refractivity contribution is 0.329. The Morgan fingerprint density at radius 1 is 1.39 bits per heavy atom. The first-order valence-electron chi connectivity index (χ1n) is 7.24. The Bertz CT molecular complexity index is 337. The highest BCUT2D eigenvalue weighted by Crippen LogP contribution is 2.27. The van der Waals surface area contributed by atoms with Gasteiger partial charge in [0.05, 0.1) is 6.33 Å². The monoisotopic (exact) mass is 247 g/mol. The smallest absolute Gasteiger partial charge is 0.0921 e. The topological polar surface area (TPSA) is 54.7 Å². The van der Waals surface area contributed by atoms with Gasteiger partial charge in [0.2, 0.25) is 0 Å². The van der Waals surface area contributed by atoms with Crippen LogP contribution < -0.4 is 5.73 Å². The van der Waals surface area contributed by atoms with Crippen LogP contribution in [-0.4, -0.2) is 16.0 Å². The third-order valence-electron chi connectivity index (χ3n) is 3.85. The first kappa shape index (κ1) is 13.3. The molecule has 1 fully saturated rings. The maximum absolute atomic E-state index is 6.16. The molecule has 0 amide bonds. The summed E-state index contributed by atoms with van der Waals surface area (Å²) in [5.41, 5.74) is 7.35. The van der Waals surface area contributed by atoms with Crippen LogP contribution in [0.2, 0.25) is 0 Å². The van der Waals surface area contributed by atoms with E-state index in [2.05, 4.69) is 22.1 Å². The van der Waals surface area contributed by atoms with Crippen molar-refractivity contribution >= 4 is 0 Å². The minimum absolute atomic E-state index is 0.245. The van der Waals surface area contributed by atoms with Crippen molar-refractivity contribution in [3.63, 3.8) is 0 Å². The fourth-order valence-corrected chi connectivity index (χ4v) is 2.82. The van der Waals surface area contributed by atoms with Crippen LogP contribution in [0.3, 0.4) is 0 Å². The zero-order valence-electron chi connectivity index (χ0n) is 11.1. The molecule has 2 rings (SSSR count). The molecular weight excluding hydrogens is 222 g/mol. The summed E-state index contributed by atoms with van der Waals surface area (Å²) in [5.74, 6) is 0.867. The molecule has 0 unspecified atom stereocenters. The van der Waals surface area contributed by atoms with Crippen molar-refractivity contribution in [2.45, 2.75) is 57.4 Å². The van der Waals surface area contributed by atoms with Crippen LogP contribution in [0, 0.1) is 5.92 Å². The average Bonchev–Trinajstić information content (AvgIpc) is 2.89. The molecule has 0 radical (unpaired) electrons. The van der Waals surface area contributed by atoms with Gasteiger partial charge >= 0.3 is 0 Å². The van der Waals surface area contributed by atoms with E-state index < -0.39 is 0 Å². The minimum Gasteiger partial charge on any atom is -0.348 e. The summed E-state index contributed by atoms with van der Waals surface area (Å²) in [4.78, 5) is 7.12. The van der Waals surface area contributed by atoms with Gasteiger partial charge in [-0.1, -0.05) is 44.3 Å². The number of nitrogens with zero attached hydrogens (tertiary/aromatic N) is 1. The highest BCUT2D eigenvalue weighted by atomic mass is 14.9. The second-order valence-electron chi connectivity index (χ2n) is 5.45. The van der Waals surface area contributed by atoms with E-state index in [1.165, 1.54) is 44.2 Å². The van der Waals surface area contributed by atoms with Gasteiger partial charge in [-0.15, -0.1) is 0 Å². The van der Waals surface area contributed by atoms with E-state index in [1.54, 1.807) is 6.33 Å². The predicted molar refractivity (Wildman–Crippen MR) is 75.2 cm³/mol. The average molecular weight is 247 g/mol.